The number of benzene rings is 4. The van der Waals surface area contributed by atoms with Gasteiger partial charge in [-0.15, -0.1) is 0 Å². The summed E-state index contributed by atoms with van der Waals surface area (Å²) in [4.78, 5) is 0. The second kappa shape index (κ2) is 8.59. The van der Waals surface area contributed by atoms with Crippen LogP contribution in [0.15, 0.2) is 81.1 Å². The van der Waals surface area contributed by atoms with Gasteiger partial charge in [0.05, 0.1) is 22.7 Å². The lowest BCUT2D eigenvalue weighted by Crippen LogP contribution is -1.90. The van der Waals surface area contributed by atoms with Gasteiger partial charge in [-0.1, -0.05) is 12.1 Å². The number of hydrogen-bond donors (Lipinski definition) is 2. The van der Waals surface area contributed by atoms with Gasteiger partial charge in [0, 0.05) is 11.4 Å². The molecule has 0 heterocycles. The van der Waals surface area contributed by atoms with Crippen LogP contribution in [0.25, 0.3) is 10.8 Å². The molecule has 0 amide bonds. The molecule has 0 atom stereocenters. The first kappa shape index (κ1) is 21.2. The summed E-state index contributed by atoms with van der Waals surface area (Å²) in [7, 11) is 0. The molecule has 0 aromatic heterocycles. The predicted molar refractivity (Wildman–Crippen MR) is 133 cm³/mol. The van der Waals surface area contributed by atoms with E-state index < -0.39 is 0 Å². The zero-order chi connectivity index (χ0) is 22.8. The SMILES string of the molecule is Cc1cc(N=Nc2ccc3cc(N=Nc4cc(C)c(N)cc4C)ccc3c2)c(C)cc1N. The average molecular weight is 423 g/mol. The number of anilines is 2. The van der Waals surface area contributed by atoms with Crippen molar-refractivity contribution in [3.63, 3.8) is 0 Å². The molecule has 4 aromatic rings. The van der Waals surface area contributed by atoms with Crippen molar-refractivity contribution >= 4 is 44.9 Å². The van der Waals surface area contributed by atoms with Gasteiger partial charge in [-0.25, -0.2) is 0 Å². The van der Waals surface area contributed by atoms with Crippen molar-refractivity contribution < 1.29 is 0 Å². The van der Waals surface area contributed by atoms with Crippen LogP contribution in [0.5, 0.6) is 0 Å². The minimum Gasteiger partial charge on any atom is -0.399 e. The zero-order valence-electron chi connectivity index (χ0n) is 18.7. The molecular weight excluding hydrogens is 396 g/mol. The van der Waals surface area contributed by atoms with E-state index in [1.54, 1.807) is 0 Å². The Morgan fingerprint density at radius 3 is 1.28 bits per heavy atom. The summed E-state index contributed by atoms with van der Waals surface area (Å²) in [5.74, 6) is 0. The number of nitrogens with two attached hydrogens (primary N) is 2. The Hall–Kier alpha value is -4.06. The van der Waals surface area contributed by atoms with Crippen LogP contribution in [0, 0.1) is 27.7 Å². The molecule has 4 aromatic carbocycles. The Kier molecular flexibility index (Phi) is 5.69. The zero-order valence-corrected chi connectivity index (χ0v) is 18.7. The molecule has 0 fully saturated rings. The van der Waals surface area contributed by atoms with Crippen LogP contribution >= 0.6 is 0 Å². The molecule has 32 heavy (non-hydrogen) atoms. The fourth-order valence-electron chi connectivity index (χ4n) is 3.43. The van der Waals surface area contributed by atoms with Crippen molar-refractivity contribution in [1.29, 1.82) is 0 Å². The van der Waals surface area contributed by atoms with Gasteiger partial charge in [0.1, 0.15) is 0 Å². The molecule has 6 heteroatoms. The Bertz CT molecular complexity index is 1280. The molecule has 6 nitrogen and oxygen atoms in total. The third kappa shape index (κ3) is 4.49. The highest BCUT2D eigenvalue weighted by Gasteiger charge is 2.04. The van der Waals surface area contributed by atoms with Crippen molar-refractivity contribution in [3.8, 4) is 0 Å². The molecule has 4 rings (SSSR count). The van der Waals surface area contributed by atoms with Crippen LogP contribution in [0.1, 0.15) is 22.3 Å². The van der Waals surface area contributed by atoms with Gasteiger partial charge in [-0.2, -0.15) is 20.5 Å². The molecule has 4 N–H and O–H groups in total. The molecule has 0 bridgehead atoms. The fraction of sp³-hybridized carbons (Fsp3) is 0.154. The number of azo groups is 2. The van der Waals surface area contributed by atoms with E-state index in [9.17, 15) is 0 Å². The van der Waals surface area contributed by atoms with Crippen molar-refractivity contribution in [1.82, 2.24) is 0 Å². The number of aryl methyl sites for hydroxylation is 4. The highest BCUT2D eigenvalue weighted by molar-refractivity contribution is 5.87. The maximum absolute atomic E-state index is 5.95. The van der Waals surface area contributed by atoms with Gasteiger partial charge in [0.25, 0.3) is 0 Å². The smallest absolute Gasteiger partial charge is 0.0890 e. The maximum Gasteiger partial charge on any atom is 0.0890 e. The number of hydrogen-bond acceptors (Lipinski definition) is 6. The van der Waals surface area contributed by atoms with Gasteiger partial charge < -0.3 is 11.5 Å². The van der Waals surface area contributed by atoms with Crippen molar-refractivity contribution in [2.75, 3.05) is 11.5 Å². The first-order valence-corrected chi connectivity index (χ1v) is 10.4. The lowest BCUT2D eigenvalue weighted by atomic mass is 10.1. The lowest BCUT2D eigenvalue weighted by Gasteiger charge is -2.05. The molecular formula is C26H26N6. The van der Waals surface area contributed by atoms with E-state index in [-0.39, 0.29) is 0 Å². The van der Waals surface area contributed by atoms with Crippen molar-refractivity contribution in [3.05, 3.63) is 82.9 Å². The number of nitrogen functional groups attached to an aromatic ring is 2. The number of nitrogens with zero attached hydrogens (tertiary/aromatic N) is 4. The van der Waals surface area contributed by atoms with E-state index in [2.05, 4.69) is 20.5 Å². The van der Waals surface area contributed by atoms with Gasteiger partial charge in [-0.05, 0) is 109 Å². The summed E-state index contributed by atoms with van der Waals surface area (Å²) in [5, 5.41) is 19.8. The van der Waals surface area contributed by atoms with Gasteiger partial charge >= 0.3 is 0 Å². The van der Waals surface area contributed by atoms with E-state index in [1.165, 1.54) is 0 Å². The highest BCUT2D eigenvalue weighted by Crippen LogP contribution is 2.31. The summed E-state index contributed by atoms with van der Waals surface area (Å²) >= 11 is 0. The lowest BCUT2D eigenvalue weighted by molar-refractivity contribution is 1.20. The van der Waals surface area contributed by atoms with Crippen molar-refractivity contribution in [2.24, 2.45) is 20.5 Å². The number of fused-ring (bicyclic) bond motifs is 1. The quantitative estimate of drug-likeness (QED) is 0.256. The monoisotopic (exact) mass is 422 g/mol. The largest absolute Gasteiger partial charge is 0.399 e. The van der Waals surface area contributed by atoms with E-state index in [4.69, 9.17) is 11.5 Å². The second-order valence-corrected chi connectivity index (χ2v) is 8.11. The Labute approximate surface area is 187 Å². The van der Waals surface area contributed by atoms with Crippen LogP contribution in [0.3, 0.4) is 0 Å². The highest BCUT2D eigenvalue weighted by atomic mass is 15.1. The second-order valence-electron chi connectivity index (χ2n) is 8.11. The third-order valence-electron chi connectivity index (χ3n) is 5.52. The van der Waals surface area contributed by atoms with E-state index in [0.717, 1.165) is 67.2 Å². The molecule has 0 aliphatic heterocycles. The standard InChI is InChI=1S/C26H26N6/c1-15-11-25(17(3)9-23(15)27)31-29-21-7-5-20-14-22(8-6-19(20)13-21)30-32-26-12-16(2)24(28)10-18(26)4/h5-14H,27-28H2,1-4H3. The maximum atomic E-state index is 5.95. The molecule has 160 valence electrons. The van der Waals surface area contributed by atoms with Gasteiger partial charge in [0.2, 0.25) is 0 Å². The summed E-state index contributed by atoms with van der Waals surface area (Å²) < 4.78 is 0. The van der Waals surface area contributed by atoms with Crippen LogP contribution < -0.4 is 11.5 Å². The topological polar surface area (TPSA) is 101 Å². The molecule has 0 spiro atoms. The summed E-state index contributed by atoms with van der Waals surface area (Å²) in [6, 6.07) is 19.7. The van der Waals surface area contributed by atoms with Crippen LogP contribution in [0.2, 0.25) is 0 Å². The molecule has 0 saturated heterocycles. The van der Waals surface area contributed by atoms with Crippen LogP contribution in [-0.4, -0.2) is 0 Å². The van der Waals surface area contributed by atoms with Crippen LogP contribution in [-0.2, 0) is 0 Å². The summed E-state index contributed by atoms with van der Waals surface area (Å²) in [6.45, 7) is 7.89. The van der Waals surface area contributed by atoms with Gasteiger partial charge in [0.15, 0.2) is 0 Å². The molecule has 0 aliphatic carbocycles. The first-order chi connectivity index (χ1) is 15.3. The van der Waals surface area contributed by atoms with Gasteiger partial charge in [-0.3, -0.25) is 0 Å². The Morgan fingerprint density at radius 1 is 0.469 bits per heavy atom. The normalized spacial score (nSPS) is 11.8. The third-order valence-corrected chi connectivity index (χ3v) is 5.52. The predicted octanol–water partition coefficient (Wildman–Crippen LogP) is 8.07. The van der Waals surface area contributed by atoms with E-state index >= 15 is 0 Å². The minimum absolute atomic E-state index is 0.766. The number of rotatable bonds is 4. The molecule has 0 aliphatic rings. The van der Waals surface area contributed by atoms with Crippen molar-refractivity contribution in [2.45, 2.75) is 27.7 Å². The fourth-order valence-corrected chi connectivity index (χ4v) is 3.43. The molecule has 0 radical (unpaired) electrons. The first-order valence-electron chi connectivity index (χ1n) is 10.4. The minimum atomic E-state index is 0.766. The molecule has 0 saturated carbocycles. The Balaban J connectivity index is 1.57. The van der Waals surface area contributed by atoms with Crippen LogP contribution in [0.4, 0.5) is 34.1 Å². The van der Waals surface area contributed by atoms with E-state index in [0.29, 0.717) is 0 Å². The average Bonchev–Trinajstić information content (AvgIpc) is 2.76. The summed E-state index contributed by atoms with van der Waals surface area (Å²) in [5.41, 5.74) is 20.6. The summed E-state index contributed by atoms with van der Waals surface area (Å²) in [6.07, 6.45) is 0. The van der Waals surface area contributed by atoms with E-state index in [1.807, 2.05) is 88.4 Å². The molecule has 0 unspecified atom stereocenters. The Morgan fingerprint density at radius 2 is 0.875 bits per heavy atom.